The van der Waals surface area contributed by atoms with E-state index in [0.717, 1.165) is 26.2 Å². The van der Waals surface area contributed by atoms with Crippen molar-refractivity contribution >= 4 is 5.69 Å². The molecule has 104 valence electrons. The standard InChI is InChI=1S/C18H22N2/c1-2-19-12-15-8-10-18(11-9-15)20-13-17(14-20)16-6-4-3-5-7-16/h3-11,17,19H,2,12-14H2,1H3. The number of nitrogens with zero attached hydrogens (tertiary/aromatic N) is 1. The van der Waals surface area contributed by atoms with E-state index in [9.17, 15) is 0 Å². The summed E-state index contributed by atoms with van der Waals surface area (Å²) >= 11 is 0. The summed E-state index contributed by atoms with van der Waals surface area (Å²) in [4.78, 5) is 2.45. The molecule has 0 bridgehead atoms. The van der Waals surface area contributed by atoms with Crippen LogP contribution in [-0.4, -0.2) is 19.6 Å². The maximum absolute atomic E-state index is 3.36. The molecule has 1 saturated heterocycles. The number of hydrogen-bond acceptors (Lipinski definition) is 2. The van der Waals surface area contributed by atoms with Crippen LogP contribution in [0.3, 0.4) is 0 Å². The summed E-state index contributed by atoms with van der Waals surface area (Å²) in [5, 5.41) is 3.36. The monoisotopic (exact) mass is 266 g/mol. The van der Waals surface area contributed by atoms with Gasteiger partial charge in [-0.1, -0.05) is 49.4 Å². The van der Waals surface area contributed by atoms with Crippen molar-refractivity contribution in [2.45, 2.75) is 19.4 Å². The second-order valence-corrected chi connectivity index (χ2v) is 5.46. The highest BCUT2D eigenvalue weighted by Crippen LogP contribution is 2.31. The molecule has 0 aromatic heterocycles. The van der Waals surface area contributed by atoms with Gasteiger partial charge in [0.25, 0.3) is 0 Å². The van der Waals surface area contributed by atoms with Crippen LogP contribution in [0.1, 0.15) is 24.0 Å². The van der Waals surface area contributed by atoms with E-state index in [1.54, 1.807) is 0 Å². The molecule has 0 amide bonds. The van der Waals surface area contributed by atoms with Gasteiger partial charge >= 0.3 is 0 Å². The Bertz CT molecular complexity index is 527. The highest BCUT2D eigenvalue weighted by atomic mass is 15.2. The SMILES string of the molecule is CCNCc1ccc(N2CC(c3ccccc3)C2)cc1. The third kappa shape index (κ3) is 2.86. The molecule has 2 aromatic rings. The molecule has 1 N–H and O–H groups in total. The summed E-state index contributed by atoms with van der Waals surface area (Å²) in [6, 6.07) is 19.8. The summed E-state index contributed by atoms with van der Waals surface area (Å²) in [5.74, 6) is 0.692. The maximum Gasteiger partial charge on any atom is 0.0366 e. The van der Waals surface area contributed by atoms with Crippen LogP contribution in [0, 0.1) is 0 Å². The Kier molecular flexibility index (Phi) is 4.03. The summed E-state index contributed by atoms with van der Waals surface area (Å²) in [7, 11) is 0. The van der Waals surface area contributed by atoms with E-state index in [1.165, 1.54) is 16.8 Å². The van der Waals surface area contributed by atoms with E-state index < -0.39 is 0 Å². The molecule has 0 spiro atoms. The number of benzene rings is 2. The second-order valence-electron chi connectivity index (χ2n) is 5.46. The van der Waals surface area contributed by atoms with E-state index in [0.29, 0.717) is 5.92 Å². The van der Waals surface area contributed by atoms with Crippen LogP contribution in [0.4, 0.5) is 5.69 Å². The van der Waals surface area contributed by atoms with Crippen LogP contribution in [-0.2, 0) is 6.54 Å². The molecule has 20 heavy (non-hydrogen) atoms. The molecule has 0 radical (unpaired) electrons. The summed E-state index contributed by atoms with van der Waals surface area (Å²) in [6.07, 6.45) is 0. The highest BCUT2D eigenvalue weighted by molar-refractivity contribution is 5.51. The topological polar surface area (TPSA) is 15.3 Å². The second kappa shape index (κ2) is 6.10. The van der Waals surface area contributed by atoms with Crippen LogP contribution in [0.25, 0.3) is 0 Å². The molecule has 1 aliphatic heterocycles. The first-order chi connectivity index (χ1) is 9.86. The lowest BCUT2D eigenvalue weighted by molar-refractivity contribution is 0.525. The van der Waals surface area contributed by atoms with Crippen molar-refractivity contribution in [1.29, 1.82) is 0 Å². The first-order valence-corrected chi connectivity index (χ1v) is 7.46. The summed E-state index contributed by atoms with van der Waals surface area (Å²) < 4.78 is 0. The van der Waals surface area contributed by atoms with Crippen molar-refractivity contribution in [3.05, 3.63) is 65.7 Å². The quantitative estimate of drug-likeness (QED) is 0.892. The molecule has 3 rings (SSSR count). The molecule has 0 unspecified atom stereocenters. The summed E-state index contributed by atoms with van der Waals surface area (Å²) in [5.41, 5.74) is 4.17. The zero-order valence-corrected chi connectivity index (χ0v) is 12.0. The van der Waals surface area contributed by atoms with Gasteiger partial charge in [-0.15, -0.1) is 0 Å². The fourth-order valence-corrected chi connectivity index (χ4v) is 2.72. The largest absolute Gasteiger partial charge is 0.370 e. The summed E-state index contributed by atoms with van der Waals surface area (Å²) in [6.45, 7) is 6.39. The third-order valence-corrected chi connectivity index (χ3v) is 4.03. The van der Waals surface area contributed by atoms with Crippen molar-refractivity contribution in [3.8, 4) is 0 Å². The minimum absolute atomic E-state index is 0.692. The van der Waals surface area contributed by atoms with Gasteiger partial charge in [-0.25, -0.2) is 0 Å². The lowest BCUT2D eigenvalue weighted by Gasteiger charge is -2.41. The lowest BCUT2D eigenvalue weighted by atomic mass is 9.91. The predicted molar refractivity (Wildman–Crippen MR) is 85.2 cm³/mol. The Labute approximate surface area is 121 Å². The normalized spacial score (nSPS) is 15.2. The number of hydrogen-bond donors (Lipinski definition) is 1. The van der Waals surface area contributed by atoms with E-state index in [1.807, 2.05) is 0 Å². The smallest absolute Gasteiger partial charge is 0.0366 e. The zero-order valence-electron chi connectivity index (χ0n) is 12.0. The van der Waals surface area contributed by atoms with Crippen molar-refractivity contribution in [2.75, 3.05) is 24.5 Å². The Hall–Kier alpha value is -1.80. The van der Waals surface area contributed by atoms with Gasteiger partial charge in [0.2, 0.25) is 0 Å². The van der Waals surface area contributed by atoms with E-state index >= 15 is 0 Å². The molecule has 1 heterocycles. The van der Waals surface area contributed by atoms with Crippen LogP contribution in [0.5, 0.6) is 0 Å². The van der Waals surface area contributed by atoms with Crippen molar-refractivity contribution < 1.29 is 0 Å². The van der Waals surface area contributed by atoms with Gasteiger partial charge in [-0.3, -0.25) is 0 Å². The fraction of sp³-hybridized carbons (Fsp3) is 0.333. The molecule has 0 atom stereocenters. The molecule has 1 fully saturated rings. The van der Waals surface area contributed by atoms with E-state index in [4.69, 9.17) is 0 Å². The minimum Gasteiger partial charge on any atom is -0.370 e. The Morgan fingerprint density at radius 3 is 2.35 bits per heavy atom. The Morgan fingerprint density at radius 1 is 1.00 bits per heavy atom. The lowest BCUT2D eigenvalue weighted by Crippen LogP contribution is -2.45. The Morgan fingerprint density at radius 2 is 1.70 bits per heavy atom. The van der Waals surface area contributed by atoms with Crippen molar-refractivity contribution in [2.24, 2.45) is 0 Å². The molecule has 2 heteroatoms. The molecular weight excluding hydrogens is 244 g/mol. The van der Waals surface area contributed by atoms with Gasteiger partial charge in [0.05, 0.1) is 0 Å². The van der Waals surface area contributed by atoms with Crippen LogP contribution in [0.15, 0.2) is 54.6 Å². The number of anilines is 1. The molecular formula is C18H22N2. The van der Waals surface area contributed by atoms with Crippen molar-refractivity contribution in [1.82, 2.24) is 5.32 Å². The zero-order chi connectivity index (χ0) is 13.8. The highest BCUT2D eigenvalue weighted by Gasteiger charge is 2.27. The van der Waals surface area contributed by atoms with Gasteiger partial charge in [-0.2, -0.15) is 0 Å². The van der Waals surface area contributed by atoms with Crippen LogP contribution in [0.2, 0.25) is 0 Å². The first kappa shape index (κ1) is 13.2. The van der Waals surface area contributed by atoms with Gasteiger partial charge in [0.1, 0.15) is 0 Å². The third-order valence-electron chi connectivity index (χ3n) is 4.03. The minimum atomic E-state index is 0.692. The average Bonchev–Trinajstić information content (AvgIpc) is 2.46. The van der Waals surface area contributed by atoms with Gasteiger partial charge in [-0.05, 0) is 29.8 Å². The number of rotatable bonds is 5. The number of nitrogens with one attached hydrogen (secondary N) is 1. The van der Waals surface area contributed by atoms with Crippen LogP contribution >= 0.6 is 0 Å². The van der Waals surface area contributed by atoms with Crippen molar-refractivity contribution in [3.63, 3.8) is 0 Å². The molecule has 2 aromatic carbocycles. The Balaban J connectivity index is 1.57. The fourth-order valence-electron chi connectivity index (χ4n) is 2.72. The molecule has 0 saturated carbocycles. The first-order valence-electron chi connectivity index (χ1n) is 7.46. The van der Waals surface area contributed by atoms with Gasteiger partial charge in [0.15, 0.2) is 0 Å². The molecule has 0 aliphatic carbocycles. The predicted octanol–water partition coefficient (Wildman–Crippen LogP) is 3.40. The van der Waals surface area contributed by atoms with Gasteiger partial charge in [0, 0.05) is 31.2 Å². The molecule has 1 aliphatic rings. The van der Waals surface area contributed by atoms with E-state index in [-0.39, 0.29) is 0 Å². The van der Waals surface area contributed by atoms with E-state index in [2.05, 4.69) is 71.7 Å². The maximum atomic E-state index is 3.36. The average molecular weight is 266 g/mol. The van der Waals surface area contributed by atoms with Gasteiger partial charge < -0.3 is 10.2 Å². The van der Waals surface area contributed by atoms with Crippen LogP contribution < -0.4 is 10.2 Å². The molecule has 2 nitrogen and oxygen atoms in total.